The van der Waals surface area contributed by atoms with Gasteiger partial charge in [0, 0.05) is 54.3 Å². The summed E-state index contributed by atoms with van der Waals surface area (Å²) in [6.07, 6.45) is 18.8. The van der Waals surface area contributed by atoms with Crippen molar-refractivity contribution in [2.75, 3.05) is 0 Å². The van der Waals surface area contributed by atoms with Gasteiger partial charge < -0.3 is 14.4 Å². The summed E-state index contributed by atoms with van der Waals surface area (Å²) in [5.74, 6) is -0.304. The highest BCUT2D eigenvalue weighted by molar-refractivity contribution is 7.00. The van der Waals surface area contributed by atoms with E-state index in [-0.39, 0.29) is 11.9 Å². The SMILES string of the molecule is CCCCCCC[n+]1ccc(-c2cc(F)c(-c3cc[n+](CCCCCCC[Si](O)(O)O)cc3)c3nsnc23)cc1. The maximum absolute atomic E-state index is 15.6. The van der Waals surface area contributed by atoms with E-state index in [0.29, 0.717) is 17.5 Å². The molecule has 0 spiro atoms. The van der Waals surface area contributed by atoms with Gasteiger partial charge in [0.2, 0.25) is 0 Å². The average molecular weight is 585 g/mol. The van der Waals surface area contributed by atoms with Gasteiger partial charge in [-0.1, -0.05) is 39.0 Å². The zero-order valence-corrected chi connectivity index (χ0v) is 25.1. The van der Waals surface area contributed by atoms with Gasteiger partial charge in [0.05, 0.1) is 11.7 Å². The van der Waals surface area contributed by atoms with Crippen LogP contribution in [0.1, 0.15) is 71.1 Å². The molecule has 0 aliphatic rings. The molecule has 1 aromatic carbocycles. The monoisotopic (exact) mass is 584 g/mol. The van der Waals surface area contributed by atoms with Gasteiger partial charge >= 0.3 is 8.80 Å². The fourth-order valence-electron chi connectivity index (χ4n) is 5.05. The fourth-order valence-corrected chi connectivity index (χ4v) is 6.34. The van der Waals surface area contributed by atoms with Gasteiger partial charge in [-0.2, -0.15) is 8.75 Å². The second kappa shape index (κ2) is 14.8. The highest BCUT2D eigenvalue weighted by Crippen LogP contribution is 2.36. The Morgan fingerprint density at radius 2 is 1.25 bits per heavy atom. The number of nitrogens with zero attached hydrogens (tertiary/aromatic N) is 4. The largest absolute Gasteiger partial charge is 0.492 e. The molecule has 214 valence electrons. The number of rotatable bonds is 16. The third-order valence-corrected chi connectivity index (χ3v) is 8.87. The van der Waals surface area contributed by atoms with Gasteiger partial charge in [-0.3, -0.25) is 0 Å². The van der Waals surface area contributed by atoms with Crippen LogP contribution in [0.4, 0.5) is 4.39 Å². The molecule has 3 heterocycles. The molecular weight excluding hydrogens is 544 g/mol. The molecule has 0 amide bonds. The first-order valence-electron chi connectivity index (χ1n) is 14.5. The Bertz CT molecular complexity index is 1340. The predicted molar refractivity (Wildman–Crippen MR) is 158 cm³/mol. The minimum absolute atomic E-state index is 0.104. The summed E-state index contributed by atoms with van der Waals surface area (Å²) in [4.78, 5) is 27.2. The lowest BCUT2D eigenvalue weighted by molar-refractivity contribution is -0.697. The van der Waals surface area contributed by atoms with Crippen LogP contribution in [-0.2, 0) is 13.1 Å². The second-order valence-corrected chi connectivity index (χ2v) is 13.2. The number of aromatic nitrogens is 4. The predicted octanol–water partition coefficient (Wildman–Crippen LogP) is 5.58. The smallest absolute Gasteiger partial charge is 0.390 e. The summed E-state index contributed by atoms with van der Waals surface area (Å²) in [7, 11) is -3.90. The number of hydrogen-bond donors (Lipinski definition) is 3. The number of halogens is 1. The lowest BCUT2D eigenvalue weighted by Gasteiger charge is -2.09. The van der Waals surface area contributed by atoms with Gasteiger partial charge in [-0.05, 0) is 36.5 Å². The minimum atomic E-state index is -3.90. The number of fused-ring (bicyclic) bond motifs is 1. The Kier molecular flexibility index (Phi) is 11.3. The van der Waals surface area contributed by atoms with E-state index in [1.54, 1.807) is 6.07 Å². The molecule has 0 radical (unpaired) electrons. The van der Waals surface area contributed by atoms with Crippen LogP contribution in [0, 0.1) is 5.82 Å². The first-order chi connectivity index (χ1) is 19.4. The van der Waals surface area contributed by atoms with Gasteiger partial charge in [0.15, 0.2) is 24.8 Å². The molecule has 0 aliphatic carbocycles. The van der Waals surface area contributed by atoms with Crippen LogP contribution < -0.4 is 9.13 Å². The number of aryl methyl sites for hydroxylation is 2. The van der Waals surface area contributed by atoms with Crippen LogP contribution in [0.5, 0.6) is 0 Å². The maximum atomic E-state index is 15.6. The molecule has 0 aliphatic heterocycles. The van der Waals surface area contributed by atoms with Crippen LogP contribution in [0.3, 0.4) is 0 Å². The lowest BCUT2D eigenvalue weighted by Crippen LogP contribution is -2.34. The van der Waals surface area contributed by atoms with Crippen molar-refractivity contribution in [1.29, 1.82) is 0 Å². The molecule has 10 heteroatoms. The zero-order chi connectivity index (χ0) is 28.4. The van der Waals surface area contributed by atoms with Crippen molar-refractivity contribution in [2.24, 2.45) is 0 Å². The summed E-state index contributed by atoms with van der Waals surface area (Å²) < 4.78 is 28.9. The van der Waals surface area contributed by atoms with Crippen molar-refractivity contribution in [2.45, 2.75) is 90.3 Å². The Morgan fingerprint density at radius 3 is 1.85 bits per heavy atom. The molecule has 0 saturated heterocycles. The van der Waals surface area contributed by atoms with Crippen LogP contribution in [0.15, 0.2) is 55.1 Å². The number of unbranched alkanes of at least 4 members (excludes halogenated alkanes) is 8. The van der Waals surface area contributed by atoms with Crippen molar-refractivity contribution in [1.82, 2.24) is 8.75 Å². The third-order valence-electron chi connectivity index (χ3n) is 7.32. The maximum Gasteiger partial charge on any atom is 0.492 e. The second-order valence-electron chi connectivity index (χ2n) is 10.6. The molecule has 40 heavy (non-hydrogen) atoms. The van der Waals surface area contributed by atoms with Crippen molar-refractivity contribution in [3.8, 4) is 22.3 Å². The molecule has 0 saturated carbocycles. The van der Waals surface area contributed by atoms with E-state index in [0.717, 1.165) is 79.1 Å². The van der Waals surface area contributed by atoms with Crippen LogP contribution in [-0.4, -0.2) is 31.9 Å². The highest BCUT2D eigenvalue weighted by Gasteiger charge is 2.25. The van der Waals surface area contributed by atoms with Gasteiger partial charge in [-0.25, -0.2) is 13.5 Å². The standard InChI is InChI=1S/C30H41FN4O3SSi/c1-2-3-4-6-9-16-34-18-12-24(13-19-34)26-23-27(31)28(30-29(26)32-39-33-30)25-14-20-35(21-15-25)17-10-7-5-8-11-22-40(36,37)38/h12-15,18-21,23,36-38H,2-11,16-17,22H2,1H3/q+2. The summed E-state index contributed by atoms with van der Waals surface area (Å²) in [6.45, 7) is 4.06. The lowest BCUT2D eigenvalue weighted by atomic mass is 9.98. The summed E-state index contributed by atoms with van der Waals surface area (Å²) in [5, 5.41) is 0. The average Bonchev–Trinajstić information content (AvgIpc) is 3.42. The van der Waals surface area contributed by atoms with E-state index in [1.165, 1.54) is 25.7 Å². The molecule has 4 aromatic rings. The van der Waals surface area contributed by atoms with Crippen molar-refractivity contribution < 1.29 is 27.9 Å². The first-order valence-corrected chi connectivity index (χ1v) is 17.2. The summed E-state index contributed by atoms with van der Waals surface area (Å²) in [5.41, 5.74) is 4.26. The van der Waals surface area contributed by atoms with Crippen LogP contribution >= 0.6 is 11.7 Å². The normalized spacial score (nSPS) is 11.9. The molecule has 3 aromatic heterocycles. The molecule has 4 rings (SSSR count). The number of benzene rings is 1. The Labute approximate surface area is 241 Å². The quantitative estimate of drug-likeness (QED) is 0.0909. The van der Waals surface area contributed by atoms with Crippen molar-refractivity contribution in [3.05, 3.63) is 60.9 Å². The zero-order valence-electron chi connectivity index (χ0n) is 23.3. The van der Waals surface area contributed by atoms with Gasteiger partial charge in [0.1, 0.15) is 29.9 Å². The molecule has 7 nitrogen and oxygen atoms in total. The van der Waals surface area contributed by atoms with E-state index in [9.17, 15) is 0 Å². The van der Waals surface area contributed by atoms with E-state index in [4.69, 9.17) is 14.4 Å². The van der Waals surface area contributed by atoms with Crippen molar-refractivity contribution >= 4 is 31.6 Å². The molecule has 0 bridgehead atoms. The van der Waals surface area contributed by atoms with Crippen molar-refractivity contribution in [3.63, 3.8) is 0 Å². The Morgan fingerprint density at radius 1 is 0.725 bits per heavy atom. The van der Waals surface area contributed by atoms with Crippen LogP contribution in [0.2, 0.25) is 6.04 Å². The molecular formula is C30H41FN4O3SSi+2. The number of hydrogen-bond acceptors (Lipinski definition) is 6. The Balaban J connectivity index is 1.38. The summed E-state index contributed by atoms with van der Waals surface area (Å²) in [6, 6.07) is 9.61. The highest BCUT2D eigenvalue weighted by atomic mass is 32.1. The third kappa shape index (κ3) is 8.68. The van der Waals surface area contributed by atoms with E-state index < -0.39 is 8.80 Å². The topological polar surface area (TPSA) is 94.2 Å². The minimum Gasteiger partial charge on any atom is -0.390 e. The molecule has 0 atom stereocenters. The Hall–Kier alpha value is -2.63. The van der Waals surface area contributed by atoms with E-state index >= 15 is 4.39 Å². The molecule has 3 N–H and O–H groups in total. The molecule has 0 unspecified atom stereocenters. The fraction of sp³-hybridized carbons (Fsp3) is 0.467. The van der Waals surface area contributed by atoms with E-state index in [2.05, 4.69) is 37.2 Å². The van der Waals surface area contributed by atoms with E-state index in [1.807, 2.05) is 36.7 Å². The molecule has 0 fully saturated rings. The van der Waals surface area contributed by atoms with Gasteiger partial charge in [-0.15, -0.1) is 0 Å². The van der Waals surface area contributed by atoms with Crippen LogP contribution in [0.25, 0.3) is 33.3 Å². The first kappa shape index (κ1) is 30.3. The summed E-state index contributed by atoms with van der Waals surface area (Å²) >= 11 is 1.11. The van der Waals surface area contributed by atoms with Gasteiger partial charge in [0.25, 0.3) is 0 Å². The number of pyridine rings is 2.